The summed E-state index contributed by atoms with van der Waals surface area (Å²) in [4.78, 5) is 2.81. The van der Waals surface area contributed by atoms with Gasteiger partial charge in [0.1, 0.15) is 0 Å². The normalized spacial score (nSPS) is 21.2. The van der Waals surface area contributed by atoms with Crippen molar-refractivity contribution in [2.24, 2.45) is 5.41 Å². The van der Waals surface area contributed by atoms with Crippen LogP contribution in [0.4, 0.5) is 0 Å². The van der Waals surface area contributed by atoms with Gasteiger partial charge in [0.25, 0.3) is 0 Å². The summed E-state index contributed by atoms with van der Waals surface area (Å²) in [5.74, 6) is 0. The molecule has 1 N–H and O–H groups in total. The largest absolute Gasteiger partial charge is 0.309 e. The van der Waals surface area contributed by atoms with Crippen LogP contribution in [0.2, 0.25) is 0 Å². The zero-order chi connectivity index (χ0) is 14.0. The first-order chi connectivity index (χ1) is 9.65. The molecular formula is C18H23NS. The molecule has 0 bridgehead atoms. The maximum absolute atomic E-state index is 3.76. The van der Waals surface area contributed by atoms with Crippen molar-refractivity contribution in [2.75, 3.05) is 0 Å². The van der Waals surface area contributed by atoms with E-state index in [4.69, 9.17) is 0 Å². The average Bonchev–Trinajstić information content (AvgIpc) is 3.04. The van der Waals surface area contributed by atoms with E-state index < -0.39 is 0 Å². The molecule has 1 fully saturated rings. The van der Waals surface area contributed by atoms with Gasteiger partial charge in [-0.3, -0.25) is 0 Å². The van der Waals surface area contributed by atoms with Crippen LogP contribution >= 0.6 is 11.3 Å². The molecule has 1 aliphatic rings. The van der Waals surface area contributed by atoms with E-state index in [9.17, 15) is 0 Å². The third kappa shape index (κ3) is 2.97. The van der Waals surface area contributed by atoms with E-state index in [1.807, 2.05) is 11.3 Å². The summed E-state index contributed by atoms with van der Waals surface area (Å²) in [5, 5.41) is 3.76. The van der Waals surface area contributed by atoms with Crippen molar-refractivity contribution in [1.29, 1.82) is 0 Å². The zero-order valence-corrected chi connectivity index (χ0v) is 13.2. The molecule has 0 amide bonds. The fourth-order valence-electron chi connectivity index (χ4n) is 3.16. The Balaban J connectivity index is 1.64. The molecule has 106 valence electrons. The van der Waals surface area contributed by atoms with Gasteiger partial charge in [-0.25, -0.2) is 0 Å². The molecule has 1 nitrogen and oxygen atoms in total. The summed E-state index contributed by atoms with van der Waals surface area (Å²) in [6.07, 6.45) is 4.04. The van der Waals surface area contributed by atoms with E-state index in [1.54, 1.807) is 0 Å². The van der Waals surface area contributed by atoms with E-state index in [0.717, 1.165) is 6.54 Å². The van der Waals surface area contributed by atoms with Crippen molar-refractivity contribution in [1.82, 2.24) is 5.32 Å². The van der Waals surface area contributed by atoms with E-state index in [-0.39, 0.29) is 0 Å². The monoisotopic (exact) mass is 285 g/mol. The highest BCUT2D eigenvalue weighted by molar-refractivity contribution is 7.15. The van der Waals surface area contributed by atoms with Gasteiger partial charge in [0.15, 0.2) is 0 Å². The highest BCUT2D eigenvalue weighted by Gasteiger charge is 2.33. The summed E-state index contributed by atoms with van der Waals surface area (Å²) >= 11 is 1.91. The van der Waals surface area contributed by atoms with Crippen molar-refractivity contribution in [3.8, 4) is 10.4 Å². The second-order valence-corrected chi connectivity index (χ2v) is 7.61. The van der Waals surface area contributed by atoms with Crippen LogP contribution in [0.25, 0.3) is 10.4 Å². The minimum Gasteiger partial charge on any atom is -0.309 e. The first kappa shape index (κ1) is 13.8. The Hall–Kier alpha value is -1.12. The smallest absolute Gasteiger partial charge is 0.0346 e. The van der Waals surface area contributed by atoms with Gasteiger partial charge in [-0.2, -0.15) is 0 Å². The summed E-state index contributed by atoms with van der Waals surface area (Å²) in [7, 11) is 0. The van der Waals surface area contributed by atoms with Crippen LogP contribution in [0.5, 0.6) is 0 Å². The summed E-state index contributed by atoms with van der Waals surface area (Å²) in [6.45, 7) is 5.79. The predicted molar refractivity (Wildman–Crippen MR) is 88.0 cm³/mol. The third-order valence-corrected chi connectivity index (χ3v) is 5.63. The first-order valence-corrected chi connectivity index (χ1v) is 8.34. The summed E-state index contributed by atoms with van der Waals surface area (Å²) in [6, 6.07) is 15.8. The van der Waals surface area contributed by atoms with Crippen LogP contribution in [-0.2, 0) is 6.54 Å². The molecule has 1 aromatic carbocycles. The molecule has 1 heterocycles. The number of thiophene rings is 1. The molecule has 1 unspecified atom stereocenters. The molecule has 0 radical (unpaired) electrons. The zero-order valence-electron chi connectivity index (χ0n) is 12.4. The predicted octanol–water partition coefficient (Wildman–Crippen LogP) is 5.08. The number of hydrogen-bond donors (Lipinski definition) is 1. The van der Waals surface area contributed by atoms with Crippen molar-refractivity contribution < 1.29 is 0 Å². The van der Waals surface area contributed by atoms with Crippen molar-refractivity contribution in [3.05, 3.63) is 47.3 Å². The lowest BCUT2D eigenvalue weighted by atomic mass is 9.87. The van der Waals surface area contributed by atoms with Crippen LogP contribution < -0.4 is 5.32 Å². The van der Waals surface area contributed by atoms with Crippen LogP contribution in [-0.4, -0.2) is 6.04 Å². The average molecular weight is 285 g/mol. The Kier molecular flexibility index (Phi) is 3.95. The van der Waals surface area contributed by atoms with Crippen LogP contribution in [0.3, 0.4) is 0 Å². The Morgan fingerprint density at radius 2 is 1.95 bits per heavy atom. The second kappa shape index (κ2) is 5.71. The molecule has 20 heavy (non-hydrogen) atoms. The Labute approximate surface area is 126 Å². The van der Waals surface area contributed by atoms with Gasteiger partial charge in [-0.15, -0.1) is 11.3 Å². The van der Waals surface area contributed by atoms with E-state index >= 15 is 0 Å². The lowest BCUT2D eigenvalue weighted by Gasteiger charge is -2.27. The van der Waals surface area contributed by atoms with Gasteiger partial charge in [0.05, 0.1) is 0 Å². The quantitative estimate of drug-likeness (QED) is 0.825. The highest BCUT2D eigenvalue weighted by atomic mass is 32.1. The Morgan fingerprint density at radius 3 is 2.65 bits per heavy atom. The molecule has 1 aromatic heterocycles. The lowest BCUT2D eigenvalue weighted by Crippen LogP contribution is -2.36. The molecular weight excluding hydrogens is 262 g/mol. The van der Waals surface area contributed by atoms with Crippen molar-refractivity contribution >= 4 is 11.3 Å². The number of benzene rings is 1. The molecule has 2 aromatic rings. The van der Waals surface area contributed by atoms with Crippen LogP contribution in [0.15, 0.2) is 42.5 Å². The van der Waals surface area contributed by atoms with Gasteiger partial charge in [0.2, 0.25) is 0 Å². The summed E-state index contributed by atoms with van der Waals surface area (Å²) < 4.78 is 0. The van der Waals surface area contributed by atoms with Gasteiger partial charge >= 0.3 is 0 Å². The van der Waals surface area contributed by atoms with Crippen LogP contribution in [0.1, 0.15) is 38.0 Å². The molecule has 0 saturated heterocycles. The maximum Gasteiger partial charge on any atom is 0.0346 e. The molecule has 0 spiro atoms. The molecule has 1 saturated carbocycles. The topological polar surface area (TPSA) is 12.0 Å². The minimum atomic E-state index is 0.458. The molecule has 2 heteroatoms. The standard InChI is InChI=1S/C18H23NS/c1-18(2)12-6-9-17(18)19-13-15-10-11-16(20-15)14-7-4-3-5-8-14/h3-5,7-8,10-11,17,19H,6,9,12-13H2,1-2H3. The van der Waals surface area contributed by atoms with Crippen molar-refractivity contribution in [3.63, 3.8) is 0 Å². The summed E-state index contributed by atoms with van der Waals surface area (Å²) in [5.41, 5.74) is 1.78. The van der Waals surface area contributed by atoms with E-state index in [1.165, 1.54) is 34.6 Å². The van der Waals surface area contributed by atoms with E-state index in [0.29, 0.717) is 11.5 Å². The Bertz CT molecular complexity index is 556. The SMILES string of the molecule is CC1(C)CCCC1NCc1ccc(-c2ccccc2)s1. The number of nitrogens with one attached hydrogen (secondary N) is 1. The van der Waals surface area contributed by atoms with Gasteiger partial charge in [-0.1, -0.05) is 50.6 Å². The second-order valence-electron chi connectivity index (χ2n) is 6.45. The van der Waals surface area contributed by atoms with Gasteiger partial charge < -0.3 is 5.32 Å². The minimum absolute atomic E-state index is 0.458. The van der Waals surface area contributed by atoms with E-state index in [2.05, 4.69) is 61.6 Å². The number of hydrogen-bond acceptors (Lipinski definition) is 2. The highest BCUT2D eigenvalue weighted by Crippen LogP contribution is 2.37. The Morgan fingerprint density at radius 1 is 1.15 bits per heavy atom. The molecule has 1 atom stereocenters. The first-order valence-electron chi connectivity index (χ1n) is 7.53. The molecule has 1 aliphatic carbocycles. The maximum atomic E-state index is 3.76. The number of rotatable bonds is 4. The van der Waals surface area contributed by atoms with Gasteiger partial charge in [-0.05, 0) is 36.0 Å². The van der Waals surface area contributed by atoms with Crippen LogP contribution in [0, 0.1) is 5.41 Å². The fourth-order valence-corrected chi connectivity index (χ4v) is 4.12. The molecule has 3 rings (SSSR count). The fraction of sp³-hybridized carbons (Fsp3) is 0.444. The lowest BCUT2D eigenvalue weighted by molar-refractivity contribution is 0.283. The van der Waals surface area contributed by atoms with Crippen molar-refractivity contribution in [2.45, 2.75) is 45.7 Å². The molecule has 0 aliphatic heterocycles. The third-order valence-electron chi connectivity index (χ3n) is 4.50. The van der Waals surface area contributed by atoms with Gasteiger partial charge in [0, 0.05) is 22.3 Å².